The summed E-state index contributed by atoms with van der Waals surface area (Å²) in [5, 5.41) is 5.64. The third kappa shape index (κ3) is 5.12. The molecule has 0 spiro atoms. The predicted octanol–water partition coefficient (Wildman–Crippen LogP) is 2.99. The predicted molar refractivity (Wildman–Crippen MR) is 103 cm³/mol. The van der Waals surface area contributed by atoms with E-state index in [-0.39, 0.29) is 16.8 Å². The molecule has 0 atom stereocenters. The van der Waals surface area contributed by atoms with E-state index >= 15 is 0 Å². The molecule has 0 aromatic heterocycles. The lowest BCUT2D eigenvalue weighted by Gasteiger charge is -2.13. The van der Waals surface area contributed by atoms with Crippen LogP contribution >= 0.6 is 11.6 Å². The largest absolute Gasteiger partial charge is 0.493 e. The van der Waals surface area contributed by atoms with Crippen molar-refractivity contribution in [2.45, 2.75) is 0 Å². The van der Waals surface area contributed by atoms with Crippen molar-refractivity contribution in [1.29, 1.82) is 0 Å². The Kier molecular flexibility index (Phi) is 7.45. The minimum atomic E-state index is -0.390. The standard InChI is InChI=1S/C19H21ClN2O5/c1-25-10-9-21-18(23)13-8-7-12(11-15(13)20)22-19(24)14-5-4-6-16(26-2)17(14)27-3/h4-8,11H,9-10H2,1-3H3,(H,21,23)(H,22,24). The molecule has 0 aliphatic rings. The molecule has 144 valence electrons. The van der Waals surface area contributed by atoms with E-state index in [0.29, 0.717) is 41.5 Å². The first-order valence-electron chi connectivity index (χ1n) is 8.10. The third-order valence-electron chi connectivity index (χ3n) is 3.71. The number of carbonyl (C=O) groups excluding carboxylic acids is 2. The lowest BCUT2D eigenvalue weighted by Crippen LogP contribution is -2.27. The van der Waals surface area contributed by atoms with Crippen LogP contribution < -0.4 is 20.1 Å². The van der Waals surface area contributed by atoms with E-state index in [9.17, 15) is 9.59 Å². The van der Waals surface area contributed by atoms with E-state index in [0.717, 1.165) is 0 Å². The Hall–Kier alpha value is -2.77. The van der Waals surface area contributed by atoms with Crippen LogP contribution in [0.15, 0.2) is 36.4 Å². The number of amides is 2. The van der Waals surface area contributed by atoms with Crippen molar-refractivity contribution in [2.24, 2.45) is 0 Å². The summed E-state index contributed by atoms with van der Waals surface area (Å²) in [4.78, 5) is 24.7. The number of nitrogens with one attached hydrogen (secondary N) is 2. The Bertz CT molecular complexity index is 826. The number of carbonyl (C=O) groups is 2. The molecule has 2 rings (SSSR count). The molecule has 0 unspecified atom stereocenters. The number of para-hydroxylation sites is 1. The summed E-state index contributed by atoms with van der Waals surface area (Å²) in [6, 6.07) is 9.66. The van der Waals surface area contributed by atoms with Gasteiger partial charge in [-0.2, -0.15) is 0 Å². The van der Waals surface area contributed by atoms with Crippen LogP contribution in [-0.4, -0.2) is 46.3 Å². The van der Waals surface area contributed by atoms with Crippen molar-refractivity contribution in [1.82, 2.24) is 5.32 Å². The molecule has 2 amide bonds. The Morgan fingerprint density at radius 1 is 1.00 bits per heavy atom. The first-order valence-corrected chi connectivity index (χ1v) is 8.48. The minimum absolute atomic E-state index is 0.223. The SMILES string of the molecule is COCCNC(=O)c1ccc(NC(=O)c2cccc(OC)c2OC)cc1Cl. The van der Waals surface area contributed by atoms with E-state index in [1.165, 1.54) is 20.3 Å². The van der Waals surface area contributed by atoms with Crippen molar-refractivity contribution in [3.05, 3.63) is 52.5 Å². The second-order valence-electron chi connectivity index (χ2n) is 5.44. The van der Waals surface area contributed by atoms with Crippen molar-refractivity contribution in [2.75, 3.05) is 39.8 Å². The van der Waals surface area contributed by atoms with Gasteiger partial charge in [-0.1, -0.05) is 17.7 Å². The second kappa shape index (κ2) is 9.80. The fourth-order valence-corrected chi connectivity index (χ4v) is 2.67. The second-order valence-corrected chi connectivity index (χ2v) is 5.85. The summed E-state index contributed by atoms with van der Waals surface area (Å²) in [5.74, 6) is 0.0764. The highest BCUT2D eigenvalue weighted by atomic mass is 35.5. The molecule has 8 heteroatoms. The van der Waals surface area contributed by atoms with Crippen LogP contribution in [0.25, 0.3) is 0 Å². The molecule has 2 N–H and O–H groups in total. The number of benzene rings is 2. The zero-order chi connectivity index (χ0) is 19.8. The van der Waals surface area contributed by atoms with Gasteiger partial charge in [-0.15, -0.1) is 0 Å². The molecule has 0 saturated heterocycles. The zero-order valence-corrected chi connectivity index (χ0v) is 16.1. The van der Waals surface area contributed by atoms with Gasteiger partial charge >= 0.3 is 0 Å². The molecule has 27 heavy (non-hydrogen) atoms. The first kappa shape index (κ1) is 20.5. The average Bonchev–Trinajstić information content (AvgIpc) is 2.67. The summed E-state index contributed by atoms with van der Waals surface area (Å²) in [7, 11) is 4.51. The van der Waals surface area contributed by atoms with E-state index in [1.54, 1.807) is 37.4 Å². The summed E-state index contributed by atoms with van der Waals surface area (Å²) in [5.41, 5.74) is 1.07. The van der Waals surface area contributed by atoms with Crippen molar-refractivity contribution in [3.63, 3.8) is 0 Å². The number of rotatable bonds is 8. The van der Waals surface area contributed by atoms with Gasteiger partial charge in [0.1, 0.15) is 0 Å². The van der Waals surface area contributed by atoms with Crippen LogP contribution in [0.1, 0.15) is 20.7 Å². The fraction of sp³-hybridized carbons (Fsp3) is 0.263. The normalized spacial score (nSPS) is 10.2. The quantitative estimate of drug-likeness (QED) is 0.674. The molecule has 2 aromatic rings. The van der Waals surface area contributed by atoms with Gasteiger partial charge in [-0.05, 0) is 30.3 Å². The van der Waals surface area contributed by atoms with Crippen molar-refractivity contribution >= 4 is 29.1 Å². The van der Waals surface area contributed by atoms with Gasteiger partial charge in [0.15, 0.2) is 11.5 Å². The maximum absolute atomic E-state index is 12.6. The lowest BCUT2D eigenvalue weighted by molar-refractivity contribution is 0.0936. The highest BCUT2D eigenvalue weighted by molar-refractivity contribution is 6.34. The summed E-state index contributed by atoms with van der Waals surface area (Å²) < 4.78 is 15.4. The number of methoxy groups -OCH3 is 3. The zero-order valence-electron chi connectivity index (χ0n) is 15.3. The molecular formula is C19H21ClN2O5. The number of anilines is 1. The highest BCUT2D eigenvalue weighted by Crippen LogP contribution is 2.31. The van der Waals surface area contributed by atoms with E-state index in [4.69, 9.17) is 25.8 Å². The molecule has 0 bridgehead atoms. The number of hydrogen-bond acceptors (Lipinski definition) is 5. The Balaban J connectivity index is 2.15. The van der Waals surface area contributed by atoms with Crippen LogP contribution in [-0.2, 0) is 4.74 Å². The maximum Gasteiger partial charge on any atom is 0.259 e. The van der Waals surface area contributed by atoms with Crippen LogP contribution in [0.5, 0.6) is 11.5 Å². The van der Waals surface area contributed by atoms with Gasteiger partial charge in [0.2, 0.25) is 0 Å². The van der Waals surface area contributed by atoms with Crippen LogP contribution in [0.2, 0.25) is 5.02 Å². The van der Waals surface area contributed by atoms with E-state index < -0.39 is 0 Å². The molecule has 0 aliphatic carbocycles. The smallest absolute Gasteiger partial charge is 0.259 e. The minimum Gasteiger partial charge on any atom is -0.493 e. The summed E-state index contributed by atoms with van der Waals surface area (Å²) in [6.45, 7) is 0.777. The molecule has 0 saturated carbocycles. The van der Waals surface area contributed by atoms with Crippen LogP contribution in [0.3, 0.4) is 0 Å². The molecule has 0 aliphatic heterocycles. The topological polar surface area (TPSA) is 85.9 Å². The Labute approximate surface area is 162 Å². The Morgan fingerprint density at radius 2 is 1.78 bits per heavy atom. The van der Waals surface area contributed by atoms with E-state index in [2.05, 4.69) is 10.6 Å². The van der Waals surface area contributed by atoms with Crippen LogP contribution in [0.4, 0.5) is 5.69 Å². The highest BCUT2D eigenvalue weighted by Gasteiger charge is 2.17. The summed E-state index contributed by atoms with van der Waals surface area (Å²) >= 11 is 6.18. The number of halogens is 1. The van der Waals surface area contributed by atoms with Crippen LogP contribution in [0, 0.1) is 0 Å². The van der Waals surface area contributed by atoms with Crippen molar-refractivity contribution in [3.8, 4) is 11.5 Å². The molecule has 0 heterocycles. The third-order valence-corrected chi connectivity index (χ3v) is 4.02. The summed E-state index contributed by atoms with van der Waals surface area (Å²) in [6.07, 6.45) is 0. The van der Waals surface area contributed by atoms with Gasteiger partial charge in [-0.25, -0.2) is 0 Å². The van der Waals surface area contributed by atoms with Gasteiger partial charge in [0.25, 0.3) is 11.8 Å². The van der Waals surface area contributed by atoms with Gasteiger partial charge < -0.3 is 24.8 Å². The monoisotopic (exact) mass is 392 g/mol. The molecule has 0 radical (unpaired) electrons. The fourth-order valence-electron chi connectivity index (χ4n) is 2.40. The van der Waals surface area contributed by atoms with E-state index in [1.807, 2.05) is 0 Å². The Morgan fingerprint density at radius 3 is 2.41 bits per heavy atom. The number of ether oxygens (including phenoxy) is 3. The molecular weight excluding hydrogens is 372 g/mol. The van der Waals surface area contributed by atoms with Crippen molar-refractivity contribution < 1.29 is 23.8 Å². The molecule has 7 nitrogen and oxygen atoms in total. The molecule has 2 aromatic carbocycles. The maximum atomic E-state index is 12.6. The molecule has 0 fully saturated rings. The van der Waals surface area contributed by atoms with Gasteiger partial charge in [0.05, 0.1) is 37.0 Å². The van der Waals surface area contributed by atoms with Gasteiger partial charge in [-0.3, -0.25) is 9.59 Å². The average molecular weight is 393 g/mol. The first-order chi connectivity index (χ1) is 13.0. The number of hydrogen-bond donors (Lipinski definition) is 2. The van der Waals surface area contributed by atoms with Gasteiger partial charge in [0, 0.05) is 19.3 Å². The lowest BCUT2D eigenvalue weighted by atomic mass is 10.1.